The molecule has 1 aromatic rings. The summed E-state index contributed by atoms with van der Waals surface area (Å²) >= 11 is 3.34. The van der Waals surface area contributed by atoms with Gasteiger partial charge < -0.3 is 19.0 Å². The number of hydrogen-bond acceptors (Lipinski definition) is 1. The van der Waals surface area contributed by atoms with Crippen molar-refractivity contribution >= 4 is 15.9 Å². The third-order valence-corrected chi connectivity index (χ3v) is 2.01. The Labute approximate surface area is 120 Å². The van der Waals surface area contributed by atoms with Crippen molar-refractivity contribution in [2.24, 2.45) is 5.92 Å². The normalized spacial score (nSPS) is 8.94. The molecule has 0 heterocycles. The molecule has 1 rings (SSSR count). The van der Waals surface area contributed by atoms with Crippen LogP contribution in [0, 0.1) is 26.4 Å². The fourth-order valence-electron chi connectivity index (χ4n) is 0.917. The first-order valence-electron chi connectivity index (χ1n) is 4.89. The summed E-state index contributed by atoms with van der Waals surface area (Å²) in [7, 11) is 0. The van der Waals surface area contributed by atoms with Crippen LogP contribution in [0.25, 0.3) is 0 Å². The Balaban J connectivity index is 0. The van der Waals surface area contributed by atoms with Crippen LogP contribution in [-0.2, 0) is 6.42 Å². The van der Waals surface area contributed by atoms with Gasteiger partial charge in [-0.15, -0.1) is 12.1 Å². The monoisotopic (exact) mass is 276 g/mol. The predicted molar refractivity (Wildman–Crippen MR) is 68.7 cm³/mol. The molecular weight excluding hydrogens is 259 g/mol. The van der Waals surface area contributed by atoms with Crippen LogP contribution in [0.2, 0.25) is 0 Å². The van der Waals surface area contributed by atoms with E-state index < -0.39 is 0 Å². The number of benzene rings is 1. The van der Waals surface area contributed by atoms with Gasteiger partial charge in [0.05, 0.1) is 0 Å². The van der Waals surface area contributed by atoms with Crippen LogP contribution >= 0.6 is 15.9 Å². The van der Waals surface area contributed by atoms with Gasteiger partial charge in [-0.3, -0.25) is 0 Å². The Bertz CT molecular complexity index is 285. The summed E-state index contributed by atoms with van der Waals surface area (Å²) in [5.41, 5.74) is 1.88. The minimum Gasteiger partial charge on any atom is -0.429 e. The molecule has 0 unspecified atom stereocenters. The number of rotatable bonds is 2. The van der Waals surface area contributed by atoms with Gasteiger partial charge in [-0.2, -0.15) is 23.1 Å². The largest absolute Gasteiger partial charge is 1.00 e. The maximum Gasteiger partial charge on any atom is 1.00 e. The molecule has 1 N–H and O–H groups in total. The molecule has 0 saturated heterocycles. The first kappa shape index (κ1) is 18.5. The third-order valence-electron chi connectivity index (χ3n) is 1.51. The van der Waals surface area contributed by atoms with Crippen molar-refractivity contribution in [3.63, 3.8) is 0 Å². The van der Waals surface area contributed by atoms with Crippen molar-refractivity contribution in [2.75, 3.05) is 0 Å². The Morgan fingerprint density at radius 1 is 1.44 bits per heavy atom. The van der Waals surface area contributed by atoms with E-state index in [1.165, 1.54) is 0 Å². The molecule has 1 aromatic carbocycles. The molecule has 0 amide bonds. The molecule has 16 heavy (non-hydrogen) atoms. The molecule has 86 valence electrons. The van der Waals surface area contributed by atoms with Crippen LogP contribution in [0.5, 0.6) is 0 Å². The summed E-state index contributed by atoms with van der Waals surface area (Å²) < 4.78 is 1.02. The van der Waals surface area contributed by atoms with E-state index in [2.05, 4.69) is 43.6 Å². The second-order valence-electron chi connectivity index (χ2n) is 3.62. The van der Waals surface area contributed by atoms with Crippen molar-refractivity contribution in [3.8, 4) is 0 Å². The van der Waals surface area contributed by atoms with E-state index >= 15 is 0 Å². The Morgan fingerprint density at radius 3 is 2.31 bits per heavy atom. The molecule has 0 aliphatic carbocycles. The second-order valence-corrected chi connectivity index (χ2v) is 4.53. The van der Waals surface area contributed by atoms with Crippen LogP contribution in [-0.4, -0.2) is 5.11 Å². The maximum absolute atomic E-state index is 8.77. The van der Waals surface area contributed by atoms with Gasteiger partial charge in [0.2, 0.25) is 0 Å². The van der Waals surface area contributed by atoms with Gasteiger partial charge in [-0.05, 0) is 4.47 Å². The number of halogens is 1. The van der Waals surface area contributed by atoms with Gasteiger partial charge in [0, 0.05) is 0 Å². The molecule has 0 atom stereocenters. The van der Waals surface area contributed by atoms with Crippen LogP contribution < -0.4 is 18.9 Å². The van der Waals surface area contributed by atoms with Gasteiger partial charge in [-0.1, -0.05) is 36.4 Å². The summed E-state index contributed by atoms with van der Waals surface area (Å²) in [4.78, 5) is 0. The summed E-state index contributed by atoms with van der Waals surface area (Å²) in [6.07, 6.45) is 0.686. The number of hydrogen-bond donors (Lipinski definition) is 1. The zero-order chi connectivity index (χ0) is 11.8. The zero-order valence-electron chi connectivity index (χ0n) is 10.3. The first-order chi connectivity index (χ1) is 7.01. The zero-order valence-corrected chi connectivity index (χ0v) is 11.9. The van der Waals surface area contributed by atoms with Crippen molar-refractivity contribution < 1.29 is 24.0 Å². The van der Waals surface area contributed by atoms with E-state index in [9.17, 15) is 0 Å². The smallest absolute Gasteiger partial charge is 0.429 e. The average molecular weight is 277 g/mol. The average Bonchev–Trinajstić information content (AvgIpc) is 2.16. The van der Waals surface area contributed by atoms with E-state index in [0.29, 0.717) is 12.3 Å². The maximum atomic E-state index is 8.77. The molecule has 1 nitrogen and oxygen atoms in total. The fourth-order valence-corrected chi connectivity index (χ4v) is 1.33. The topological polar surface area (TPSA) is 20.2 Å². The minimum absolute atomic E-state index is 0. The van der Waals surface area contributed by atoms with Crippen LogP contribution in [0.1, 0.15) is 25.0 Å². The Morgan fingerprint density at radius 2 is 1.94 bits per heavy atom. The summed E-state index contributed by atoms with van der Waals surface area (Å²) in [5, 5.41) is 8.77. The molecule has 0 bridgehead atoms. The Hall–Kier alpha value is 0.127. The molecule has 0 aliphatic rings. The van der Waals surface area contributed by atoms with Crippen molar-refractivity contribution in [1.29, 1.82) is 0 Å². The quantitative estimate of drug-likeness (QED) is 0.636. The molecule has 0 radical (unpaired) electrons. The van der Waals surface area contributed by atoms with Crippen LogP contribution in [0.15, 0.2) is 22.7 Å². The molecule has 0 saturated carbocycles. The van der Waals surface area contributed by atoms with Crippen molar-refractivity contribution in [1.82, 2.24) is 0 Å². The van der Waals surface area contributed by atoms with Gasteiger partial charge in [0.25, 0.3) is 0 Å². The van der Waals surface area contributed by atoms with Crippen LogP contribution in [0.4, 0.5) is 0 Å². The second kappa shape index (κ2) is 10.3. The predicted octanol–water partition coefficient (Wildman–Crippen LogP) is 1.19. The Kier molecular flexibility index (Phi) is 11.9. The molecule has 3 heteroatoms. The van der Waals surface area contributed by atoms with Gasteiger partial charge in [0.1, 0.15) is 0 Å². The molecular formula is C13H18BrLiO-2. The first-order valence-corrected chi connectivity index (χ1v) is 5.68. The summed E-state index contributed by atoms with van der Waals surface area (Å²) in [6, 6.07) is 5.70. The standard InChI is InChI=1S/C9H9BrO.C4H9.Li/c1-2-7-5-9(10)4-3-8(7)6-11;1-4(2)3;/h3-6,11H,1-2H2;4H,1H2,2-3H3;/q-2;-1;+1. The van der Waals surface area contributed by atoms with E-state index in [-0.39, 0.29) is 18.9 Å². The SMILES string of the molecule is [CH2-]C(C)C.[CH2-]Cc1cc(Br)ccc1[CH-]O.[Li+]. The molecule has 0 aromatic heterocycles. The number of aliphatic hydroxyl groups is 1. The van der Waals surface area contributed by atoms with Gasteiger partial charge in [0.15, 0.2) is 0 Å². The molecule has 0 aliphatic heterocycles. The van der Waals surface area contributed by atoms with E-state index in [1.54, 1.807) is 0 Å². The van der Waals surface area contributed by atoms with Crippen molar-refractivity contribution in [2.45, 2.75) is 20.3 Å². The summed E-state index contributed by atoms with van der Waals surface area (Å²) in [5.74, 6) is 0.583. The minimum atomic E-state index is 0. The van der Waals surface area contributed by atoms with E-state index in [1.807, 2.05) is 18.2 Å². The summed E-state index contributed by atoms with van der Waals surface area (Å²) in [6.45, 7) is 12.6. The molecule has 0 fully saturated rings. The van der Waals surface area contributed by atoms with E-state index in [4.69, 9.17) is 5.11 Å². The van der Waals surface area contributed by atoms with Gasteiger partial charge in [-0.25, -0.2) is 6.42 Å². The molecule has 0 spiro atoms. The third kappa shape index (κ3) is 8.30. The van der Waals surface area contributed by atoms with Crippen molar-refractivity contribution in [3.05, 3.63) is 54.3 Å². The van der Waals surface area contributed by atoms with E-state index in [0.717, 1.165) is 22.2 Å². The van der Waals surface area contributed by atoms with Crippen LogP contribution in [0.3, 0.4) is 0 Å². The van der Waals surface area contributed by atoms with Gasteiger partial charge >= 0.3 is 18.9 Å². The number of aliphatic hydroxyl groups excluding tert-OH is 1. The fraction of sp³-hybridized carbons (Fsp3) is 0.308.